The molecular formula is C26H30N6O4+2. The van der Waals surface area contributed by atoms with Crippen molar-refractivity contribution in [3.63, 3.8) is 0 Å². The SMILES string of the molecule is Cc1cn(CCC[n+]2ccc(-c3cc[n+](CCC[n+]4cc(C)c(=O)[nH]c4O)cc3)cc2)c(=O)nc1[O-]. The first-order valence-electron chi connectivity index (χ1n) is 11.9. The average Bonchev–Trinajstić information content (AvgIpc) is 2.86. The van der Waals surface area contributed by atoms with E-state index in [0.717, 1.165) is 37.1 Å². The smallest absolute Gasteiger partial charge is 0.454 e. The normalized spacial score (nSPS) is 11.1. The molecule has 10 heteroatoms. The number of nitrogens with zero attached hydrogens (tertiary/aromatic N) is 5. The Kier molecular flexibility index (Phi) is 7.53. The van der Waals surface area contributed by atoms with E-state index in [9.17, 15) is 19.8 Å². The van der Waals surface area contributed by atoms with Gasteiger partial charge in [-0.3, -0.25) is 4.57 Å². The largest absolute Gasteiger partial charge is 0.858 e. The van der Waals surface area contributed by atoms with Crippen LogP contribution in [0.4, 0.5) is 0 Å². The third-order valence-corrected chi connectivity index (χ3v) is 6.08. The maximum Gasteiger partial charge on any atom is 0.454 e. The van der Waals surface area contributed by atoms with Crippen LogP contribution in [0.15, 0.2) is 71.0 Å². The Morgan fingerprint density at radius 3 is 2.11 bits per heavy atom. The van der Waals surface area contributed by atoms with Gasteiger partial charge >= 0.3 is 17.3 Å². The minimum atomic E-state index is -0.504. The first-order valence-corrected chi connectivity index (χ1v) is 11.9. The molecule has 0 atom stereocenters. The molecule has 0 saturated carbocycles. The van der Waals surface area contributed by atoms with Crippen molar-refractivity contribution in [3.05, 3.63) is 93.4 Å². The van der Waals surface area contributed by atoms with Crippen molar-refractivity contribution >= 4 is 0 Å². The van der Waals surface area contributed by atoms with Crippen LogP contribution < -0.4 is 30.1 Å². The Morgan fingerprint density at radius 2 is 1.50 bits per heavy atom. The second-order valence-corrected chi connectivity index (χ2v) is 8.84. The van der Waals surface area contributed by atoms with Gasteiger partial charge in [0, 0.05) is 49.8 Å². The van der Waals surface area contributed by atoms with Crippen molar-refractivity contribution < 1.29 is 23.9 Å². The molecule has 0 unspecified atom stereocenters. The molecule has 0 radical (unpaired) electrons. The summed E-state index contributed by atoms with van der Waals surface area (Å²) in [6, 6.07) is 8.11. The van der Waals surface area contributed by atoms with Gasteiger partial charge in [0.05, 0.1) is 12.1 Å². The molecule has 0 aliphatic heterocycles. The summed E-state index contributed by atoms with van der Waals surface area (Å²) >= 11 is 0. The zero-order chi connectivity index (χ0) is 25.7. The highest BCUT2D eigenvalue weighted by Crippen LogP contribution is 2.15. The molecule has 0 fully saturated rings. The quantitative estimate of drug-likeness (QED) is 0.321. The molecule has 0 spiro atoms. The van der Waals surface area contributed by atoms with Crippen molar-refractivity contribution in [2.75, 3.05) is 0 Å². The molecule has 4 aromatic rings. The van der Waals surface area contributed by atoms with Gasteiger partial charge in [-0.15, -0.1) is 0 Å². The molecule has 4 heterocycles. The average molecular weight is 491 g/mol. The highest BCUT2D eigenvalue weighted by atomic mass is 16.3. The fourth-order valence-corrected chi connectivity index (χ4v) is 3.98. The number of pyridine rings is 2. The number of aromatic amines is 1. The summed E-state index contributed by atoms with van der Waals surface area (Å²) in [4.78, 5) is 29.3. The molecule has 0 amide bonds. The summed E-state index contributed by atoms with van der Waals surface area (Å²) in [5.74, 6) is -0.465. The number of H-pyrrole nitrogens is 1. The van der Waals surface area contributed by atoms with Crippen molar-refractivity contribution in [2.45, 2.75) is 52.9 Å². The summed E-state index contributed by atoms with van der Waals surface area (Å²) in [7, 11) is 0. The minimum absolute atomic E-state index is 0.133. The van der Waals surface area contributed by atoms with Crippen molar-refractivity contribution in [2.24, 2.45) is 0 Å². The molecule has 186 valence electrons. The lowest BCUT2D eigenvalue weighted by Gasteiger charge is -2.11. The van der Waals surface area contributed by atoms with Crippen LogP contribution in [0.2, 0.25) is 0 Å². The van der Waals surface area contributed by atoms with Gasteiger partial charge in [-0.25, -0.2) is 28.3 Å². The van der Waals surface area contributed by atoms with Gasteiger partial charge in [0.25, 0.3) is 0 Å². The number of nitrogens with one attached hydrogen (secondary N) is 1. The summed E-state index contributed by atoms with van der Waals surface area (Å²) in [6.07, 6.45) is 12.8. The molecular weight excluding hydrogens is 460 g/mol. The minimum Gasteiger partial charge on any atom is -0.858 e. The zero-order valence-corrected chi connectivity index (χ0v) is 20.4. The lowest BCUT2D eigenvalue weighted by molar-refractivity contribution is -0.731. The van der Waals surface area contributed by atoms with Crippen LogP contribution in [0.25, 0.3) is 11.1 Å². The maximum atomic E-state index is 11.8. The van der Waals surface area contributed by atoms with Crippen LogP contribution in [0.1, 0.15) is 24.0 Å². The first-order chi connectivity index (χ1) is 17.3. The topological polar surface area (TPSA) is 123 Å². The summed E-state index contributed by atoms with van der Waals surface area (Å²) in [6.45, 7) is 5.97. The fraction of sp³-hybridized carbons (Fsp3) is 0.308. The molecule has 0 aromatic carbocycles. The molecule has 4 rings (SSSR count). The predicted octanol–water partition coefficient (Wildman–Crippen LogP) is 0.0377. The molecule has 0 saturated heterocycles. The van der Waals surface area contributed by atoms with Crippen LogP contribution in [-0.2, 0) is 26.2 Å². The molecule has 0 aliphatic rings. The Morgan fingerprint density at radius 1 is 0.917 bits per heavy atom. The number of rotatable bonds is 9. The van der Waals surface area contributed by atoms with Crippen LogP contribution in [0, 0.1) is 13.8 Å². The third kappa shape index (κ3) is 6.01. The lowest BCUT2D eigenvalue weighted by Crippen LogP contribution is -2.41. The number of aromatic hydroxyl groups is 1. The first kappa shape index (κ1) is 24.8. The van der Waals surface area contributed by atoms with E-state index in [1.54, 1.807) is 30.8 Å². The Labute approximate surface area is 208 Å². The maximum absolute atomic E-state index is 11.8. The second kappa shape index (κ2) is 10.9. The van der Waals surface area contributed by atoms with Gasteiger partial charge < -0.3 is 10.2 Å². The highest BCUT2D eigenvalue weighted by Gasteiger charge is 2.12. The molecule has 36 heavy (non-hydrogen) atoms. The van der Waals surface area contributed by atoms with E-state index in [1.807, 2.05) is 24.8 Å². The predicted molar refractivity (Wildman–Crippen MR) is 128 cm³/mol. The van der Waals surface area contributed by atoms with E-state index in [4.69, 9.17) is 0 Å². The van der Waals surface area contributed by atoms with E-state index in [2.05, 4.69) is 43.4 Å². The standard InChI is InChI=1S/C26H28N6O4/c1-19-17-31(25(35)27-23(19)33)11-3-9-29-13-5-21(6-14-29)22-7-15-30(16-8-22)10-4-12-32-18-20(2)24(34)28-26(32)36/h5-8,13-18H,3-4,9-12H2,1-2H3/p+2. The van der Waals surface area contributed by atoms with Crippen molar-refractivity contribution in [1.29, 1.82) is 0 Å². The fourth-order valence-electron chi connectivity index (χ4n) is 3.98. The van der Waals surface area contributed by atoms with Gasteiger partial charge in [-0.2, -0.15) is 4.98 Å². The Hall–Kier alpha value is -4.34. The zero-order valence-electron chi connectivity index (χ0n) is 20.4. The second-order valence-electron chi connectivity index (χ2n) is 8.84. The van der Waals surface area contributed by atoms with E-state index in [0.29, 0.717) is 24.2 Å². The Bertz CT molecular complexity index is 1460. The Balaban J connectivity index is 1.29. The van der Waals surface area contributed by atoms with Crippen LogP contribution in [0.3, 0.4) is 0 Å². The number of hydrogen-bond acceptors (Lipinski definition) is 5. The third-order valence-electron chi connectivity index (χ3n) is 6.08. The summed E-state index contributed by atoms with van der Waals surface area (Å²) < 4.78 is 7.27. The van der Waals surface area contributed by atoms with Gasteiger partial charge in [-0.05, 0) is 36.4 Å². The molecule has 10 nitrogen and oxygen atoms in total. The van der Waals surface area contributed by atoms with Gasteiger partial charge in [0.1, 0.15) is 12.7 Å². The van der Waals surface area contributed by atoms with E-state index < -0.39 is 11.6 Å². The van der Waals surface area contributed by atoms with E-state index >= 15 is 0 Å². The van der Waals surface area contributed by atoms with Crippen LogP contribution in [0.5, 0.6) is 11.9 Å². The van der Waals surface area contributed by atoms with Gasteiger partial charge in [-0.1, -0.05) is 0 Å². The molecule has 0 bridgehead atoms. The summed E-state index contributed by atoms with van der Waals surface area (Å²) in [5, 5.41) is 21.3. The van der Waals surface area contributed by atoms with Crippen LogP contribution >= 0.6 is 0 Å². The van der Waals surface area contributed by atoms with Gasteiger partial charge in [0.15, 0.2) is 31.3 Å². The molecule has 0 aliphatic carbocycles. The van der Waals surface area contributed by atoms with Crippen LogP contribution in [-0.4, -0.2) is 19.6 Å². The molecule has 2 N–H and O–H groups in total. The number of aryl methyl sites for hydroxylation is 6. The molecule has 4 aromatic heterocycles. The highest BCUT2D eigenvalue weighted by molar-refractivity contribution is 5.60. The van der Waals surface area contributed by atoms with Crippen molar-refractivity contribution in [3.8, 4) is 23.0 Å². The van der Waals surface area contributed by atoms with Crippen molar-refractivity contribution in [1.82, 2.24) is 14.5 Å². The van der Waals surface area contributed by atoms with E-state index in [-0.39, 0.29) is 11.6 Å². The summed E-state index contributed by atoms with van der Waals surface area (Å²) in [5.41, 5.74) is 2.45. The van der Waals surface area contributed by atoms with E-state index in [1.165, 1.54) is 4.57 Å². The number of hydrogen-bond donors (Lipinski definition) is 2. The monoisotopic (exact) mass is 490 g/mol. The lowest BCUT2D eigenvalue weighted by atomic mass is 10.1. The van der Waals surface area contributed by atoms with Gasteiger partial charge in [0.2, 0.25) is 0 Å². The number of aromatic nitrogens is 6.